The monoisotopic (exact) mass is 368 g/mol. The van der Waals surface area contributed by atoms with Crippen molar-refractivity contribution < 1.29 is 4.79 Å². The summed E-state index contributed by atoms with van der Waals surface area (Å²) in [6.45, 7) is 0. The maximum absolute atomic E-state index is 11.9. The molecule has 0 saturated carbocycles. The highest BCUT2D eigenvalue weighted by atomic mass is 79.9. The molecule has 2 aromatic rings. The van der Waals surface area contributed by atoms with Crippen LogP contribution < -0.4 is 10.6 Å². The van der Waals surface area contributed by atoms with E-state index in [9.17, 15) is 4.79 Å². The fourth-order valence-electron chi connectivity index (χ4n) is 1.51. The van der Waals surface area contributed by atoms with Crippen LogP contribution in [-0.4, -0.2) is 11.0 Å². The second kappa shape index (κ2) is 6.83. The fourth-order valence-corrected chi connectivity index (χ4v) is 2.24. The summed E-state index contributed by atoms with van der Waals surface area (Å²) >= 11 is 14.2. The van der Waals surface area contributed by atoms with Crippen LogP contribution in [0, 0.1) is 0 Å². The van der Waals surface area contributed by atoms with E-state index in [4.69, 9.17) is 23.8 Å². The molecule has 20 heavy (non-hydrogen) atoms. The van der Waals surface area contributed by atoms with E-state index in [1.54, 1.807) is 24.3 Å². The number of carbonyl (C=O) groups excluding carboxylic acids is 1. The van der Waals surface area contributed by atoms with Gasteiger partial charge in [0.1, 0.15) is 0 Å². The molecule has 0 aliphatic carbocycles. The van der Waals surface area contributed by atoms with Crippen molar-refractivity contribution in [2.24, 2.45) is 0 Å². The Balaban J connectivity index is 1.97. The molecule has 2 N–H and O–H groups in total. The van der Waals surface area contributed by atoms with Crippen molar-refractivity contribution in [3.8, 4) is 0 Å². The van der Waals surface area contributed by atoms with Gasteiger partial charge in [-0.15, -0.1) is 0 Å². The number of thiocarbonyl (C=S) groups is 1. The zero-order chi connectivity index (χ0) is 14.5. The van der Waals surface area contributed by atoms with E-state index in [-0.39, 0.29) is 11.0 Å². The Labute approximate surface area is 135 Å². The molecular formula is C14H10BrClN2OS. The zero-order valence-corrected chi connectivity index (χ0v) is 13.3. The normalized spacial score (nSPS) is 9.90. The van der Waals surface area contributed by atoms with Gasteiger partial charge in [-0.05, 0) is 54.7 Å². The van der Waals surface area contributed by atoms with Gasteiger partial charge in [0.25, 0.3) is 5.91 Å². The lowest BCUT2D eigenvalue weighted by Crippen LogP contribution is -2.34. The first-order valence-electron chi connectivity index (χ1n) is 5.68. The van der Waals surface area contributed by atoms with Crippen LogP contribution in [0.1, 0.15) is 10.4 Å². The highest BCUT2D eigenvalue weighted by Crippen LogP contribution is 2.15. The summed E-state index contributed by atoms with van der Waals surface area (Å²) in [7, 11) is 0. The summed E-state index contributed by atoms with van der Waals surface area (Å²) in [6, 6.07) is 14.1. The highest BCUT2D eigenvalue weighted by molar-refractivity contribution is 9.10. The number of hydrogen-bond donors (Lipinski definition) is 2. The van der Waals surface area contributed by atoms with Crippen LogP contribution in [0.2, 0.25) is 5.02 Å². The average Bonchev–Trinajstić information content (AvgIpc) is 2.39. The molecule has 0 bridgehead atoms. The maximum atomic E-state index is 11.9. The SMILES string of the molecule is O=C(NC(=S)Nc1cccc(Br)c1)c1ccc(Cl)cc1. The molecule has 0 fully saturated rings. The Morgan fingerprint density at radius 1 is 1.15 bits per heavy atom. The third-order valence-electron chi connectivity index (χ3n) is 2.42. The Hall–Kier alpha value is -1.43. The minimum Gasteiger partial charge on any atom is -0.332 e. The van der Waals surface area contributed by atoms with Gasteiger partial charge >= 0.3 is 0 Å². The number of nitrogens with one attached hydrogen (secondary N) is 2. The van der Waals surface area contributed by atoms with Gasteiger partial charge in [-0.3, -0.25) is 10.1 Å². The lowest BCUT2D eigenvalue weighted by atomic mass is 10.2. The molecule has 0 spiro atoms. The van der Waals surface area contributed by atoms with Gasteiger partial charge in [0, 0.05) is 20.7 Å². The topological polar surface area (TPSA) is 41.1 Å². The molecule has 0 radical (unpaired) electrons. The van der Waals surface area contributed by atoms with Crippen LogP contribution in [0.3, 0.4) is 0 Å². The lowest BCUT2D eigenvalue weighted by Gasteiger charge is -2.09. The predicted octanol–water partition coefficient (Wildman–Crippen LogP) is 4.23. The van der Waals surface area contributed by atoms with Crippen molar-refractivity contribution in [3.05, 3.63) is 63.6 Å². The van der Waals surface area contributed by atoms with Gasteiger partial charge in [-0.25, -0.2) is 0 Å². The van der Waals surface area contributed by atoms with E-state index in [0.29, 0.717) is 10.6 Å². The van der Waals surface area contributed by atoms with Gasteiger partial charge in [0.15, 0.2) is 5.11 Å². The number of carbonyl (C=O) groups is 1. The fraction of sp³-hybridized carbons (Fsp3) is 0. The Morgan fingerprint density at radius 3 is 2.50 bits per heavy atom. The number of anilines is 1. The average molecular weight is 370 g/mol. The van der Waals surface area contributed by atoms with Crippen LogP contribution >= 0.6 is 39.7 Å². The van der Waals surface area contributed by atoms with Crippen molar-refractivity contribution in [1.29, 1.82) is 0 Å². The van der Waals surface area contributed by atoms with Gasteiger partial charge in [-0.1, -0.05) is 33.6 Å². The molecule has 0 atom stereocenters. The van der Waals surface area contributed by atoms with Gasteiger partial charge in [0.2, 0.25) is 0 Å². The standard InChI is InChI=1S/C14H10BrClN2OS/c15-10-2-1-3-12(8-10)17-14(20)18-13(19)9-4-6-11(16)7-5-9/h1-8H,(H2,17,18,19,20). The number of benzene rings is 2. The Morgan fingerprint density at radius 2 is 1.85 bits per heavy atom. The van der Waals surface area contributed by atoms with Crippen molar-refractivity contribution >= 4 is 56.5 Å². The van der Waals surface area contributed by atoms with Crippen LogP contribution in [0.15, 0.2) is 53.0 Å². The quantitative estimate of drug-likeness (QED) is 0.778. The molecule has 3 nitrogen and oxygen atoms in total. The molecule has 0 aromatic heterocycles. The third-order valence-corrected chi connectivity index (χ3v) is 3.37. The molecule has 0 heterocycles. The highest BCUT2D eigenvalue weighted by Gasteiger charge is 2.07. The van der Waals surface area contributed by atoms with Gasteiger partial charge < -0.3 is 5.32 Å². The van der Waals surface area contributed by atoms with Crippen molar-refractivity contribution in [2.75, 3.05) is 5.32 Å². The second-order valence-electron chi connectivity index (χ2n) is 3.93. The van der Waals surface area contributed by atoms with Crippen molar-refractivity contribution in [2.45, 2.75) is 0 Å². The summed E-state index contributed by atoms with van der Waals surface area (Å²) in [5.74, 6) is -0.283. The molecule has 0 aliphatic rings. The minimum atomic E-state index is -0.283. The summed E-state index contributed by atoms with van der Waals surface area (Å²) in [6.07, 6.45) is 0. The van der Waals surface area contributed by atoms with Crippen molar-refractivity contribution in [3.63, 3.8) is 0 Å². The number of hydrogen-bond acceptors (Lipinski definition) is 2. The molecule has 1 amide bonds. The molecule has 6 heteroatoms. The van der Waals surface area contributed by atoms with E-state index >= 15 is 0 Å². The number of amides is 1. The van der Waals surface area contributed by atoms with Gasteiger partial charge in [0.05, 0.1) is 0 Å². The first kappa shape index (κ1) is 15.0. The summed E-state index contributed by atoms with van der Waals surface area (Å²) in [5.41, 5.74) is 1.29. The first-order chi connectivity index (χ1) is 9.54. The maximum Gasteiger partial charge on any atom is 0.257 e. The van der Waals surface area contributed by atoms with E-state index in [0.717, 1.165) is 10.2 Å². The van der Waals surface area contributed by atoms with Crippen LogP contribution in [0.5, 0.6) is 0 Å². The smallest absolute Gasteiger partial charge is 0.257 e. The molecule has 0 unspecified atom stereocenters. The van der Waals surface area contributed by atoms with E-state index in [1.165, 1.54) is 0 Å². The second-order valence-corrected chi connectivity index (χ2v) is 5.69. The zero-order valence-electron chi connectivity index (χ0n) is 10.2. The van der Waals surface area contributed by atoms with Crippen LogP contribution in [-0.2, 0) is 0 Å². The van der Waals surface area contributed by atoms with Gasteiger partial charge in [-0.2, -0.15) is 0 Å². The van der Waals surface area contributed by atoms with E-state index < -0.39 is 0 Å². The first-order valence-corrected chi connectivity index (χ1v) is 7.26. The molecule has 2 aromatic carbocycles. The lowest BCUT2D eigenvalue weighted by molar-refractivity contribution is 0.0978. The summed E-state index contributed by atoms with van der Waals surface area (Å²) in [5, 5.41) is 6.36. The number of halogens is 2. The Kier molecular flexibility index (Phi) is 5.11. The van der Waals surface area contributed by atoms with E-state index in [1.807, 2.05) is 24.3 Å². The minimum absolute atomic E-state index is 0.239. The largest absolute Gasteiger partial charge is 0.332 e. The molecule has 0 saturated heterocycles. The molecule has 0 aliphatic heterocycles. The number of rotatable bonds is 2. The summed E-state index contributed by atoms with van der Waals surface area (Å²) < 4.78 is 0.925. The molecule has 102 valence electrons. The molecule has 2 rings (SSSR count). The van der Waals surface area contributed by atoms with E-state index in [2.05, 4.69) is 26.6 Å². The summed E-state index contributed by atoms with van der Waals surface area (Å²) in [4.78, 5) is 11.9. The van der Waals surface area contributed by atoms with Crippen molar-refractivity contribution in [1.82, 2.24) is 5.32 Å². The van der Waals surface area contributed by atoms with Crippen LogP contribution in [0.4, 0.5) is 5.69 Å². The third kappa shape index (κ3) is 4.30. The Bertz CT molecular complexity index is 646. The predicted molar refractivity (Wildman–Crippen MR) is 89.3 cm³/mol. The molecular weight excluding hydrogens is 360 g/mol. The van der Waals surface area contributed by atoms with Crippen LogP contribution in [0.25, 0.3) is 0 Å².